The topological polar surface area (TPSA) is 191 Å². The lowest BCUT2D eigenvalue weighted by atomic mass is 9.91. The van der Waals surface area contributed by atoms with Crippen LogP contribution in [-0.4, -0.2) is 152 Å². The first-order valence-electron chi connectivity index (χ1n) is 13.0. The predicted octanol–water partition coefficient (Wildman–Crippen LogP) is -2.77. The van der Waals surface area contributed by atoms with E-state index in [2.05, 4.69) is 10.6 Å². The zero-order valence-corrected chi connectivity index (χ0v) is 23.2. The second kappa shape index (κ2) is 16.8. The van der Waals surface area contributed by atoms with Gasteiger partial charge >= 0.3 is 0 Å². The van der Waals surface area contributed by atoms with Crippen LogP contribution in [0.2, 0.25) is 0 Å². The van der Waals surface area contributed by atoms with Gasteiger partial charge in [0.2, 0.25) is 11.8 Å². The highest BCUT2D eigenvalue weighted by Gasteiger charge is 2.50. The lowest BCUT2D eigenvalue weighted by molar-refractivity contribution is -0.272. The largest absolute Gasteiger partial charge is 0.387 e. The molecule has 3 fully saturated rings. The average molecular weight is 583 g/mol. The zero-order chi connectivity index (χ0) is 29.1. The maximum atomic E-state index is 13.0. The Kier molecular flexibility index (Phi) is 13.8. The number of hydrogen-bond donors (Lipinski definition) is 4. The van der Waals surface area contributed by atoms with E-state index in [0.717, 1.165) is 0 Å². The van der Waals surface area contributed by atoms with Crippen molar-refractivity contribution in [1.29, 1.82) is 0 Å². The summed E-state index contributed by atoms with van der Waals surface area (Å²) in [4.78, 5) is 26.1. The van der Waals surface area contributed by atoms with E-state index in [1.54, 1.807) is 0 Å². The Morgan fingerprint density at radius 3 is 1.20 bits per heavy atom. The van der Waals surface area contributed by atoms with Gasteiger partial charge in [0.25, 0.3) is 0 Å². The first kappa shape index (κ1) is 33.0. The van der Waals surface area contributed by atoms with Crippen molar-refractivity contribution in [3.8, 4) is 0 Å². The summed E-state index contributed by atoms with van der Waals surface area (Å²) >= 11 is 0. The monoisotopic (exact) mass is 582 g/mol. The number of rotatable bonds is 12. The van der Waals surface area contributed by atoms with E-state index < -0.39 is 72.9 Å². The molecule has 2 amide bonds. The van der Waals surface area contributed by atoms with Crippen LogP contribution in [0, 0.1) is 0 Å². The molecular formula is C24H42N2O14. The van der Waals surface area contributed by atoms with Crippen LogP contribution in [0.4, 0.5) is 0 Å². The minimum Gasteiger partial charge on any atom is -0.387 e. The number of methoxy groups -OCH3 is 4. The van der Waals surface area contributed by atoms with Gasteiger partial charge in [0.15, 0.2) is 0 Å². The lowest BCUT2D eigenvalue weighted by Gasteiger charge is -2.45. The molecule has 0 saturated carbocycles. The SMILES string of the molecule is COCO[C@@H]1[C@@H](O)[C@H](OCOC)[C@H]2CNC(=O)C[C@H]3O[C@H](CNC(=O)C[C@H]1O2)[C@@H](OCOC)[C@H](O)[C@H]3OCOC. The van der Waals surface area contributed by atoms with E-state index in [1.165, 1.54) is 28.4 Å². The second-order valence-electron chi connectivity index (χ2n) is 9.57. The highest BCUT2D eigenvalue weighted by molar-refractivity contribution is 5.77. The molecule has 0 aromatic heterocycles. The van der Waals surface area contributed by atoms with Gasteiger partial charge in [-0.1, -0.05) is 0 Å². The summed E-state index contributed by atoms with van der Waals surface area (Å²) in [6.45, 7) is -0.777. The van der Waals surface area contributed by atoms with E-state index in [0.29, 0.717) is 0 Å². The van der Waals surface area contributed by atoms with Gasteiger partial charge in [0, 0.05) is 41.5 Å². The quantitative estimate of drug-likeness (QED) is 0.173. The van der Waals surface area contributed by atoms with E-state index in [-0.39, 0.29) is 53.1 Å². The van der Waals surface area contributed by atoms with E-state index >= 15 is 0 Å². The summed E-state index contributed by atoms with van der Waals surface area (Å²) in [5.74, 6) is -0.866. The fraction of sp³-hybridized carbons (Fsp3) is 0.917. The van der Waals surface area contributed by atoms with Gasteiger partial charge in [-0.2, -0.15) is 0 Å². The summed E-state index contributed by atoms with van der Waals surface area (Å²) in [7, 11) is 5.70. The number of aliphatic hydroxyl groups is 2. The molecule has 3 aliphatic heterocycles. The number of aliphatic hydroxyl groups excluding tert-OH is 2. The first-order chi connectivity index (χ1) is 19.3. The maximum absolute atomic E-state index is 13.0. The van der Waals surface area contributed by atoms with Gasteiger partial charge in [0.1, 0.15) is 76.0 Å². The third-order valence-corrected chi connectivity index (χ3v) is 6.80. The van der Waals surface area contributed by atoms with E-state index in [9.17, 15) is 19.8 Å². The Morgan fingerprint density at radius 1 is 0.600 bits per heavy atom. The van der Waals surface area contributed by atoms with Crippen LogP contribution >= 0.6 is 0 Å². The molecule has 232 valence electrons. The fourth-order valence-corrected chi connectivity index (χ4v) is 5.02. The molecule has 0 aliphatic carbocycles. The molecule has 0 aromatic carbocycles. The fourth-order valence-electron chi connectivity index (χ4n) is 5.02. The molecule has 0 unspecified atom stereocenters. The Labute approximate surface area is 232 Å². The molecular weight excluding hydrogens is 540 g/mol. The van der Waals surface area contributed by atoms with Crippen molar-refractivity contribution in [1.82, 2.24) is 10.6 Å². The standard InChI is InChI=1S/C24H42N2O14/c1-31-9-35-21-13-5-17(27)25-8-16-24(38-12-34-4)20(30)22(36-10-32-2)14(40-16)6-18(28)26-7-15(39-13)23(19(21)29)37-11-33-3/h13-16,19-24,29-30H,5-12H2,1-4H3,(H,25,27)(H,26,28)/t13-,14-,15-,16-,19-,20-,21+,22+,23-,24-/m1/s1. The predicted molar refractivity (Wildman–Crippen MR) is 132 cm³/mol. The van der Waals surface area contributed by atoms with Crippen molar-refractivity contribution < 1.29 is 67.2 Å². The Morgan fingerprint density at radius 2 is 0.900 bits per heavy atom. The first-order valence-corrected chi connectivity index (χ1v) is 13.0. The molecule has 3 saturated heterocycles. The van der Waals surface area contributed by atoms with Gasteiger partial charge in [-0.25, -0.2) is 0 Å². The smallest absolute Gasteiger partial charge is 0.222 e. The molecule has 0 radical (unpaired) electrons. The number of amides is 2. The third-order valence-electron chi connectivity index (χ3n) is 6.80. The normalized spacial score (nSPS) is 37.4. The third kappa shape index (κ3) is 8.73. The molecule has 16 nitrogen and oxygen atoms in total. The summed E-state index contributed by atoms with van der Waals surface area (Å²) in [6, 6.07) is 0. The molecule has 16 heteroatoms. The molecule has 0 spiro atoms. The summed E-state index contributed by atoms with van der Waals surface area (Å²) in [5.41, 5.74) is 0. The van der Waals surface area contributed by atoms with Gasteiger partial charge in [-0.05, 0) is 0 Å². The van der Waals surface area contributed by atoms with Crippen molar-refractivity contribution in [2.24, 2.45) is 0 Å². The number of ether oxygens (including phenoxy) is 10. The van der Waals surface area contributed by atoms with Crippen LogP contribution in [0.5, 0.6) is 0 Å². The highest BCUT2D eigenvalue weighted by Crippen LogP contribution is 2.30. The zero-order valence-electron chi connectivity index (χ0n) is 23.2. The van der Waals surface area contributed by atoms with Gasteiger partial charge < -0.3 is 68.2 Å². The van der Waals surface area contributed by atoms with E-state index in [1.807, 2.05) is 0 Å². The number of nitrogens with one attached hydrogen (secondary N) is 2. The minimum atomic E-state index is -1.23. The molecule has 4 bridgehead atoms. The van der Waals surface area contributed by atoms with Crippen LogP contribution in [0.3, 0.4) is 0 Å². The molecule has 10 atom stereocenters. The van der Waals surface area contributed by atoms with E-state index in [4.69, 9.17) is 47.4 Å². The van der Waals surface area contributed by atoms with Crippen LogP contribution < -0.4 is 10.6 Å². The van der Waals surface area contributed by atoms with Crippen LogP contribution in [0.25, 0.3) is 0 Å². The number of carbonyl (C=O) groups excluding carboxylic acids is 2. The van der Waals surface area contributed by atoms with Crippen LogP contribution in [-0.2, 0) is 57.0 Å². The Hall–Kier alpha value is -1.54. The molecule has 4 N–H and O–H groups in total. The number of fused-ring (bicyclic) bond motifs is 4. The minimum absolute atomic E-state index is 0.0682. The number of hydrogen-bond acceptors (Lipinski definition) is 14. The van der Waals surface area contributed by atoms with Gasteiger partial charge in [-0.3, -0.25) is 9.59 Å². The van der Waals surface area contributed by atoms with Gasteiger partial charge in [0.05, 0.1) is 25.0 Å². The molecule has 3 rings (SSSR count). The van der Waals surface area contributed by atoms with Crippen molar-refractivity contribution in [3.63, 3.8) is 0 Å². The molecule has 3 aliphatic rings. The Balaban J connectivity index is 1.86. The second-order valence-corrected chi connectivity index (χ2v) is 9.57. The van der Waals surface area contributed by atoms with Crippen molar-refractivity contribution in [3.05, 3.63) is 0 Å². The summed E-state index contributed by atoms with van der Waals surface area (Å²) in [6.07, 6.45) is -10.3. The lowest BCUT2D eigenvalue weighted by Crippen LogP contribution is -2.64. The van der Waals surface area contributed by atoms with Crippen molar-refractivity contribution in [2.75, 3.05) is 68.7 Å². The summed E-state index contributed by atoms with van der Waals surface area (Å²) < 4.78 is 54.9. The average Bonchev–Trinajstić information content (AvgIpc) is 2.93. The number of carbonyl (C=O) groups is 2. The van der Waals surface area contributed by atoms with Gasteiger partial charge in [-0.15, -0.1) is 0 Å². The van der Waals surface area contributed by atoms with Crippen LogP contribution in [0.1, 0.15) is 12.8 Å². The van der Waals surface area contributed by atoms with Crippen LogP contribution in [0.15, 0.2) is 0 Å². The maximum Gasteiger partial charge on any atom is 0.222 e. The Bertz CT molecular complexity index is 716. The summed E-state index contributed by atoms with van der Waals surface area (Å²) in [5, 5.41) is 27.8. The van der Waals surface area contributed by atoms with Crippen molar-refractivity contribution in [2.45, 2.75) is 73.9 Å². The molecule has 3 heterocycles. The molecule has 40 heavy (non-hydrogen) atoms. The van der Waals surface area contributed by atoms with Crippen molar-refractivity contribution >= 4 is 11.8 Å². The highest BCUT2D eigenvalue weighted by atomic mass is 16.7. The molecule has 0 aromatic rings.